The van der Waals surface area contributed by atoms with Gasteiger partial charge >= 0.3 is 0 Å². The van der Waals surface area contributed by atoms with Crippen LogP contribution in [-0.4, -0.2) is 11.7 Å². The molecule has 0 aliphatic heterocycles. The number of aliphatic hydroxyl groups is 1. The van der Waals surface area contributed by atoms with Crippen molar-refractivity contribution in [3.05, 3.63) is 70.5 Å². The fourth-order valence-electron chi connectivity index (χ4n) is 1.93. The summed E-state index contributed by atoms with van der Waals surface area (Å²) < 4.78 is 12.8. The molecule has 1 atom stereocenters. The largest absolute Gasteiger partial charge is 0.388 e. The zero-order valence-corrected chi connectivity index (χ0v) is 11.8. The van der Waals surface area contributed by atoms with Gasteiger partial charge in [-0.3, -0.25) is 0 Å². The molecule has 0 saturated heterocycles. The van der Waals surface area contributed by atoms with Gasteiger partial charge in [0, 0.05) is 11.6 Å². The second kappa shape index (κ2) is 7.39. The van der Waals surface area contributed by atoms with Crippen molar-refractivity contribution in [3.8, 4) is 0 Å². The molecule has 0 amide bonds. The van der Waals surface area contributed by atoms with Crippen LogP contribution >= 0.6 is 11.6 Å². The second-order valence-electron chi connectivity index (χ2n) is 4.66. The normalized spacial score (nSPS) is 12.3. The summed E-state index contributed by atoms with van der Waals surface area (Å²) in [5, 5.41) is 13.9. The first kappa shape index (κ1) is 15.0. The molecule has 0 radical (unpaired) electrons. The Balaban J connectivity index is 1.72. The molecule has 0 heterocycles. The van der Waals surface area contributed by atoms with Crippen LogP contribution in [0.15, 0.2) is 48.5 Å². The van der Waals surface area contributed by atoms with Crippen LogP contribution in [0.3, 0.4) is 0 Å². The first-order valence-electron chi connectivity index (χ1n) is 6.54. The third-order valence-electron chi connectivity index (χ3n) is 3.09. The van der Waals surface area contributed by atoms with Crippen LogP contribution in [0.25, 0.3) is 0 Å². The molecule has 4 heteroatoms. The molecular formula is C16H17ClFNO. The van der Waals surface area contributed by atoms with Crippen molar-refractivity contribution in [2.24, 2.45) is 0 Å². The fraction of sp³-hybridized carbons (Fsp3) is 0.250. The summed E-state index contributed by atoms with van der Waals surface area (Å²) in [4.78, 5) is 0. The summed E-state index contributed by atoms with van der Waals surface area (Å²) >= 11 is 5.81. The van der Waals surface area contributed by atoms with Crippen molar-refractivity contribution in [2.45, 2.75) is 19.1 Å². The third kappa shape index (κ3) is 4.60. The lowest BCUT2D eigenvalue weighted by molar-refractivity contribution is 0.166. The minimum Gasteiger partial charge on any atom is -0.388 e. The van der Waals surface area contributed by atoms with Gasteiger partial charge in [0.05, 0.1) is 6.10 Å². The SMILES string of the molecule is OC(CCNCc1ccc(Cl)cc1)c1ccc(F)cc1. The predicted molar refractivity (Wildman–Crippen MR) is 79.1 cm³/mol. The van der Waals surface area contributed by atoms with E-state index in [1.807, 2.05) is 24.3 Å². The summed E-state index contributed by atoms with van der Waals surface area (Å²) in [6.45, 7) is 1.41. The topological polar surface area (TPSA) is 32.3 Å². The van der Waals surface area contributed by atoms with Crippen molar-refractivity contribution >= 4 is 11.6 Å². The maximum absolute atomic E-state index is 12.8. The Bertz CT molecular complexity index is 527. The Morgan fingerprint density at radius 1 is 1.05 bits per heavy atom. The minimum absolute atomic E-state index is 0.290. The number of nitrogens with one attached hydrogen (secondary N) is 1. The molecule has 2 rings (SSSR count). The van der Waals surface area contributed by atoms with Crippen molar-refractivity contribution in [1.29, 1.82) is 0 Å². The van der Waals surface area contributed by atoms with Crippen molar-refractivity contribution < 1.29 is 9.50 Å². The monoisotopic (exact) mass is 293 g/mol. The third-order valence-corrected chi connectivity index (χ3v) is 3.34. The zero-order chi connectivity index (χ0) is 14.4. The number of aliphatic hydroxyl groups excluding tert-OH is 1. The van der Waals surface area contributed by atoms with Crippen LogP contribution in [0.1, 0.15) is 23.7 Å². The first-order chi connectivity index (χ1) is 9.65. The van der Waals surface area contributed by atoms with Gasteiger partial charge in [-0.05, 0) is 48.4 Å². The Morgan fingerprint density at radius 3 is 2.35 bits per heavy atom. The van der Waals surface area contributed by atoms with Gasteiger partial charge in [-0.25, -0.2) is 4.39 Å². The smallest absolute Gasteiger partial charge is 0.123 e. The van der Waals surface area contributed by atoms with Crippen LogP contribution < -0.4 is 5.32 Å². The summed E-state index contributed by atoms with van der Waals surface area (Å²) in [5.74, 6) is -0.290. The molecule has 0 aromatic heterocycles. The van der Waals surface area contributed by atoms with Gasteiger partial charge in [-0.2, -0.15) is 0 Å². The molecule has 2 aromatic rings. The number of benzene rings is 2. The van der Waals surface area contributed by atoms with Gasteiger partial charge in [0.2, 0.25) is 0 Å². The van der Waals surface area contributed by atoms with E-state index in [4.69, 9.17) is 11.6 Å². The number of hydrogen-bond donors (Lipinski definition) is 2. The van der Waals surface area contributed by atoms with E-state index >= 15 is 0 Å². The summed E-state index contributed by atoms with van der Waals surface area (Å²) in [7, 11) is 0. The van der Waals surface area contributed by atoms with E-state index in [2.05, 4.69) is 5.32 Å². The molecule has 0 bridgehead atoms. The van der Waals surface area contributed by atoms with E-state index in [1.54, 1.807) is 12.1 Å². The number of hydrogen-bond acceptors (Lipinski definition) is 2. The molecule has 0 aliphatic carbocycles. The molecular weight excluding hydrogens is 277 g/mol. The predicted octanol–water partition coefficient (Wildman–Crippen LogP) is 3.69. The molecule has 2 aromatic carbocycles. The Labute approximate surface area is 123 Å². The lowest BCUT2D eigenvalue weighted by Gasteiger charge is -2.11. The van der Waals surface area contributed by atoms with Crippen molar-refractivity contribution in [3.63, 3.8) is 0 Å². The maximum atomic E-state index is 12.8. The van der Waals surface area contributed by atoms with Crippen LogP contribution in [0.4, 0.5) is 4.39 Å². The second-order valence-corrected chi connectivity index (χ2v) is 5.10. The molecule has 2 nitrogen and oxygen atoms in total. The number of rotatable bonds is 6. The summed E-state index contributed by atoms with van der Waals surface area (Å²) in [6.07, 6.45) is 0.00693. The first-order valence-corrected chi connectivity index (χ1v) is 6.91. The average Bonchev–Trinajstić information content (AvgIpc) is 2.46. The highest BCUT2D eigenvalue weighted by Crippen LogP contribution is 2.16. The van der Waals surface area contributed by atoms with Crippen molar-refractivity contribution in [1.82, 2.24) is 5.32 Å². The van der Waals surface area contributed by atoms with Gasteiger partial charge in [0.15, 0.2) is 0 Å². The molecule has 20 heavy (non-hydrogen) atoms. The van der Waals surface area contributed by atoms with Crippen molar-refractivity contribution in [2.75, 3.05) is 6.54 Å². The van der Waals surface area contributed by atoms with E-state index in [0.717, 1.165) is 22.7 Å². The highest BCUT2D eigenvalue weighted by Gasteiger charge is 2.06. The molecule has 1 unspecified atom stereocenters. The molecule has 0 saturated carbocycles. The van der Waals surface area contributed by atoms with Gasteiger partial charge in [-0.15, -0.1) is 0 Å². The summed E-state index contributed by atoms with van der Waals surface area (Å²) in [6, 6.07) is 13.6. The van der Waals surface area contributed by atoms with Gasteiger partial charge in [0.1, 0.15) is 5.82 Å². The molecule has 2 N–H and O–H groups in total. The zero-order valence-electron chi connectivity index (χ0n) is 11.0. The van der Waals surface area contributed by atoms with Crippen LogP contribution in [0.2, 0.25) is 5.02 Å². The van der Waals surface area contributed by atoms with E-state index in [0.29, 0.717) is 13.0 Å². The van der Waals surface area contributed by atoms with E-state index in [-0.39, 0.29) is 5.82 Å². The van der Waals surface area contributed by atoms with E-state index < -0.39 is 6.10 Å². The Morgan fingerprint density at radius 2 is 1.70 bits per heavy atom. The highest BCUT2D eigenvalue weighted by molar-refractivity contribution is 6.30. The van der Waals surface area contributed by atoms with Crippen LogP contribution in [-0.2, 0) is 6.54 Å². The Kier molecular flexibility index (Phi) is 5.53. The van der Waals surface area contributed by atoms with Gasteiger partial charge < -0.3 is 10.4 Å². The number of halogens is 2. The quantitative estimate of drug-likeness (QED) is 0.796. The molecule has 0 aliphatic rings. The standard InChI is InChI=1S/C16H17ClFNO/c17-14-5-1-12(2-6-14)11-19-10-9-16(20)13-3-7-15(18)8-4-13/h1-8,16,19-20H,9-11H2. The minimum atomic E-state index is -0.576. The van der Waals surface area contributed by atoms with Crippen LogP contribution in [0, 0.1) is 5.82 Å². The lowest BCUT2D eigenvalue weighted by atomic mass is 10.1. The lowest BCUT2D eigenvalue weighted by Crippen LogP contribution is -2.17. The molecule has 106 valence electrons. The fourth-order valence-corrected chi connectivity index (χ4v) is 2.05. The van der Waals surface area contributed by atoms with Crippen LogP contribution in [0.5, 0.6) is 0 Å². The average molecular weight is 294 g/mol. The highest BCUT2D eigenvalue weighted by atomic mass is 35.5. The van der Waals surface area contributed by atoms with Gasteiger partial charge in [0.25, 0.3) is 0 Å². The Hall–Kier alpha value is -1.42. The van der Waals surface area contributed by atoms with E-state index in [9.17, 15) is 9.50 Å². The van der Waals surface area contributed by atoms with E-state index in [1.165, 1.54) is 12.1 Å². The van der Waals surface area contributed by atoms with Gasteiger partial charge in [-0.1, -0.05) is 35.9 Å². The summed E-state index contributed by atoms with van der Waals surface area (Å²) in [5.41, 5.74) is 1.88. The molecule has 0 spiro atoms. The molecule has 0 fully saturated rings. The maximum Gasteiger partial charge on any atom is 0.123 e.